The van der Waals surface area contributed by atoms with Crippen LogP contribution < -0.4 is 4.90 Å². The highest BCUT2D eigenvalue weighted by Gasteiger charge is 2.22. The second-order valence-corrected chi connectivity index (χ2v) is 7.88. The van der Waals surface area contributed by atoms with Gasteiger partial charge in [-0.3, -0.25) is 4.79 Å². The van der Waals surface area contributed by atoms with E-state index in [0.29, 0.717) is 0 Å². The van der Waals surface area contributed by atoms with Gasteiger partial charge in [-0.2, -0.15) is 0 Å². The molecule has 2 heterocycles. The first-order valence-electron chi connectivity index (χ1n) is 9.33. The predicted octanol–water partition coefficient (Wildman–Crippen LogP) is 4.47. The number of aryl methyl sites for hydroxylation is 1. The van der Waals surface area contributed by atoms with E-state index in [0.717, 1.165) is 48.9 Å². The largest absolute Gasteiger partial charge is 0.346 e. The summed E-state index contributed by atoms with van der Waals surface area (Å²) in [5.41, 5.74) is 3.10. The molecule has 2 aromatic carbocycles. The maximum Gasteiger partial charge on any atom is 0.253 e. The van der Waals surface area contributed by atoms with E-state index in [1.54, 1.807) is 11.3 Å². The Kier molecular flexibility index (Phi) is 5.21. The molecule has 1 amide bonds. The quantitative estimate of drug-likeness (QED) is 0.676. The van der Waals surface area contributed by atoms with E-state index in [1.807, 2.05) is 48.4 Å². The van der Waals surface area contributed by atoms with E-state index in [9.17, 15) is 4.79 Å². The van der Waals surface area contributed by atoms with Gasteiger partial charge < -0.3 is 9.80 Å². The molecular weight excluding hydrogens is 354 g/mol. The Bertz CT molecular complexity index is 922. The number of aromatic nitrogens is 1. The minimum Gasteiger partial charge on any atom is -0.346 e. The van der Waals surface area contributed by atoms with Crippen LogP contribution in [0.2, 0.25) is 0 Å². The molecule has 1 aromatic heterocycles. The van der Waals surface area contributed by atoms with Gasteiger partial charge in [0.15, 0.2) is 5.13 Å². The molecule has 1 saturated heterocycles. The zero-order chi connectivity index (χ0) is 18.6. The van der Waals surface area contributed by atoms with Crippen LogP contribution in [0.4, 0.5) is 5.13 Å². The summed E-state index contributed by atoms with van der Waals surface area (Å²) in [6.07, 6.45) is 2.91. The maximum atomic E-state index is 12.8. The van der Waals surface area contributed by atoms with E-state index in [2.05, 4.69) is 34.1 Å². The number of nitrogens with zero attached hydrogens (tertiary/aromatic N) is 3. The molecule has 0 radical (unpaired) electrons. The van der Waals surface area contributed by atoms with Crippen molar-refractivity contribution in [1.29, 1.82) is 0 Å². The van der Waals surface area contributed by atoms with Crippen molar-refractivity contribution in [3.63, 3.8) is 0 Å². The summed E-state index contributed by atoms with van der Waals surface area (Å²) in [5, 5.41) is 1.04. The fourth-order valence-corrected chi connectivity index (χ4v) is 4.39. The molecule has 4 rings (SSSR count). The van der Waals surface area contributed by atoms with Crippen LogP contribution >= 0.6 is 11.3 Å². The molecular formula is C22H23N3OS. The number of hydrogen-bond acceptors (Lipinski definition) is 4. The lowest BCUT2D eigenvalue weighted by atomic mass is 10.1. The number of carbonyl (C=O) groups is 1. The van der Waals surface area contributed by atoms with Crippen LogP contribution in [0.25, 0.3) is 10.4 Å². The molecule has 1 fully saturated rings. The van der Waals surface area contributed by atoms with Crippen molar-refractivity contribution in [2.45, 2.75) is 13.3 Å². The highest BCUT2D eigenvalue weighted by Crippen LogP contribution is 2.31. The summed E-state index contributed by atoms with van der Waals surface area (Å²) >= 11 is 1.72. The topological polar surface area (TPSA) is 36.4 Å². The van der Waals surface area contributed by atoms with Crippen LogP contribution in [-0.4, -0.2) is 42.0 Å². The zero-order valence-electron chi connectivity index (χ0n) is 15.5. The van der Waals surface area contributed by atoms with Gasteiger partial charge in [-0.15, -0.1) is 0 Å². The van der Waals surface area contributed by atoms with Crippen LogP contribution in [0.5, 0.6) is 0 Å². The third-order valence-electron chi connectivity index (χ3n) is 4.87. The summed E-state index contributed by atoms with van der Waals surface area (Å²) in [6, 6.07) is 18.2. The normalized spacial score (nSPS) is 14.9. The Morgan fingerprint density at radius 1 is 1.00 bits per heavy atom. The lowest BCUT2D eigenvalue weighted by molar-refractivity contribution is 0.0767. The van der Waals surface area contributed by atoms with Gasteiger partial charge in [0, 0.05) is 37.9 Å². The summed E-state index contributed by atoms with van der Waals surface area (Å²) in [4.78, 5) is 22.9. The Hall–Kier alpha value is -2.66. The van der Waals surface area contributed by atoms with Crippen LogP contribution in [0.1, 0.15) is 22.3 Å². The van der Waals surface area contributed by atoms with Crippen molar-refractivity contribution in [3.8, 4) is 10.4 Å². The lowest BCUT2D eigenvalue weighted by Gasteiger charge is -2.22. The molecule has 0 saturated carbocycles. The molecule has 0 atom stereocenters. The molecule has 3 aromatic rings. The first-order valence-corrected chi connectivity index (χ1v) is 10.1. The molecule has 0 bridgehead atoms. The molecule has 0 aliphatic carbocycles. The molecule has 0 N–H and O–H groups in total. The number of hydrogen-bond donors (Lipinski definition) is 0. The monoisotopic (exact) mass is 377 g/mol. The van der Waals surface area contributed by atoms with Crippen LogP contribution in [0, 0.1) is 6.92 Å². The summed E-state index contributed by atoms with van der Waals surface area (Å²) < 4.78 is 0. The molecule has 5 heteroatoms. The molecule has 1 aliphatic heterocycles. The number of rotatable bonds is 3. The van der Waals surface area contributed by atoms with Gasteiger partial charge in [0.1, 0.15) is 0 Å². The van der Waals surface area contributed by atoms with Crippen LogP contribution in [0.3, 0.4) is 0 Å². The number of amides is 1. The third kappa shape index (κ3) is 4.03. The van der Waals surface area contributed by atoms with Gasteiger partial charge in [-0.25, -0.2) is 4.98 Å². The van der Waals surface area contributed by atoms with E-state index < -0.39 is 0 Å². The van der Waals surface area contributed by atoms with Crippen molar-refractivity contribution in [2.75, 3.05) is 31.1 Å². The van der Waals surface area contributed by atoms with Gasteiger partial charge in [-0.1, -0.05) is 59.4 Å². The van der Waals surface area contributed by atoms with Gasteiger partial charge in [0.05, 0.1) is 4.88 Å². The highest BCUT2D eigenvalue weighted by molar-refractivity contribution is 7.18. The standard InChI is InChI=1S/C22H23N3OS/c1-17-7-5-10-19(15-17)21(26)24-11-6-12-25(14-13-24)22-23-16-20(27-22)18-8-3-2-4-9-18/h2-5,7-10,15-16H,6,11-14H2,1H3. The van der Waals surface area contributed by atoms with Crippen LogP contribution in [0.15, 0.2) is 60.8 Å². The number of thiazole rings is 1. The Morgan fingerprint density at radius 3 is 2.67 bits per heavy atom. The molecule has 27 heavy (non-hydrogen) atoms. The van der Waals surface area contributed by atoms with E-state index in [4.69, 9.17) is 0 Å². The third-order valence-corrected chi connectivity index (χ3v) is 5.98. The van der Waals surface area contributed by atoms with E-state index in [-0.39, 0.29) is 5.91 Å². The second kappa shape index (κ2) is 7.92. The average molecular weight is 378 g/mol. The first kappa shape index (κ1) is 17.7. The SMILES string of the molecule is Cc1cccc(C(=O)N2CCCN(c3ncc(-c4ccccc4)s3)CC2)c1. The zero-order valence-corrected chi connectivity index (χ0v) is 16.3. The van der Waals surface area contributed by atoms with Crippen molar-refractivity contribution < 1.29 is 4.79 Å². The average Bonchev–Trinajstić information content (AvgIpc) is 3.06. The van der Waals surface area contributed by atoms with Gasteiger partial charge >= 0.3 is 0 Å². The number of anilines is 1. The fraction of sp³-hybridized carbons (Fsp3) is 0.273. The van der Waals surface area contributed by atoms with Gasteiger partial charge in [-0.05, 0) is 31.0 Å². The van der Waals surface area contributed by atoms with E-state index in [1.165, 1.54) is 10.4 Å². The number of benzene rings is 2. The number of carbonyl (C=O) groups excluding carboxylic acids is 1. The van der Waals surface area contributed by atoms with Crippen molar-refractivity contribution in [2.24, 2.45) is 0 Å². The van der Waals surface area contributed by atoms with Crippen molar-refractivity contribution in [1.82, 2.24) is 9.88 Å². The van der Waals surface area contributed by atoms with Crippen molar-refractivity contribution in [3.05, 3.63) is 71.9 Å². The maximum absolute atomic E-state index is 12.8. The molecule has 1 aliphatic rings. The fourth-order valence-electron chi connectivity index (χ4n) is 3.42. The second-order valence-electron chi connectivity index (χ2n) is 6.88. The Morgan fingerprint density at radius 2 is 1.85 bits per heavy atom. The van der Waals surface area contributed by atoms with Gasteiger partial charge in [0.2, 0.25) is 0 Å². The summed E-state index contributed by atoms with van der Waals surface area (Å²) in [7, 11) is 0. The Balaban J connectivity index is 1.44. The van der Waals surface area contributed by atoms with E-state index >= 15 is 0 Å². The smallest absolute Gasteiger partial charge is 0.253 e. The molecule has 0 spiro atoms. The van der Waals surface area contributed by atoms with Crippen molar-refractivity contribution >= 4 is 22.4 Å². The van der Waals surface area contributed by atoms with Crippen LogP contribution in [-0.2, 0) is 0 Å². The molecule has 4 nitrogen and oxygen atoms in total. The van der Waals surface area contributed by atoms with Gasteiger partial charge in [0.25, 0.3) is 5.91 Å². The first-order chi connectivity index (χ1) is 13.2. The highest BCUT2D eigenvalue weighted by atomic mass is 32.1. The molecule has 0 unspecified atom stereocenters. The summed E-state index contributed by atoms with van der Waals surface area (Å²) in [5.74, 6) is 0.129. The lowest BCUT2D eigenvalue weighted by Crippen LogP contribution is -2.35. The molecule has 138 valence electrons. The minimum atomic E-state index is 0.129. The predicted molar refractivity (Wildman–Crippen MR) is 111 cm³/mol. The Labute approximate surface area is 164 Å². The minimum absolute atomic E-state index is 0.129. The summed E-state index contributed by atoms with van der Waals surface area (Å²) in [6.45, 7) is 5.29.